The van der Waals surface area contributed by atoms with Crippen molar-refractivity contribution in [2.75, 3.05) is 19.4 Å². The van der Waals surface area contributed by atoms with Crippen molar-refractivity contribution >= 4 is 11.8 Å². The molecule has 0 fully saturated rings. The Morgan fingerprint density at radius 1 is 1.43 bits per heavy atom. The van der Waals surface area contributed by atoms with Crippen LogP contribution in [0.25, 0.3) is 0 Å². The Bertz CT molecular complexity index is 295. The van der Waals surface area contributed by atoms with Crippen molar-refractivity contribution in [2.45, 2.75) is 4.90 Å². The van der Waals surface area contributed by atoms with Gasteiger partial charge in [0.1, 0.15) is 12.4 Å². The highest BCUT2D eigenvalue weighted by molar-refractivity contribution is 7.98. The van der Waals surface area contributed by atoms with Crippen LogP contribution in [0.2, 0.25) is 0 Å². The van der Waals surface area contributed by atoms with Crippen LogP contribution in [0.5, 0.6) is 5.75 Å². The Kier molecular flexibility index (Phi) is 4.56. The maximum Gasteiger partial charge on any atom is 0.119 e. The smallest absolute Gasteiger partial charge is 0.119 e. The Morgan fingerprint density at radius 2 is 2.07 bits per heavy atom. The van der Waals surface area contributed by atoms with E-state index in [4.69, 9.17) is 10.5 Å². The Hall–Kier alpha value is -0.930. The third kappa shape index (κ3) is 3.44. The van der Waals surface area contributed by atoms with E-state index in [-0.39, 0.29) is 0 Å². The molecule has 0 heterocycles. The van der Waals surface area contributed by atoms with Gasteiger partial charge in [0.2, 0.25) is 0 Å². The van der Waals surface area contributed by atoms with Crippen molar-refractivity contribution in [3.05, 3.63) is 36.4 Å². The lowest BCUT2D eigenvalue weighted by Crippen LogP contribution is -2.09. The Labute approximate surface area is 89.1 Å². The maximum atomic E-state index is 5.47. The molecule has 0 spiro atoms. The van der Waals surface area contributed by atoms with Gasteiger partial charge in [-0.05, 0) is 36.1 Å². The van der Waals surface area contributed by atoms with Gasteiger partial charge in [0.15, 0.2) is 0 Å². The highest BCUT2D eigenvalue weighted by Crippen LogP contribution is 2.19. The number of nitrogens with two attached hydrogens (primary N) is 1. The quantitative estimate of drug-likeness (QED) is 0.597. The molecule has 1 rings (SSSR count). The van der Waals surface area contributed by atoms with Gasteiger partial charge in [-0.2, -0.15) is 0 Å². The van der Waals surface area contributed by atoms with Gasteiger partial charge in [-0.1, -0.05) is 6.58 Å². The topological polar surface area (TPSA) is 35.2 Å². The summed E-state index contributed by atoms with van der Waals surface area (Å²) in [6.07, 6.45) is 2.05. The van der Waals surface area contributed by atoms with Crippen LogP contribution in [0.1, 0.15) is 0 Å². The lowest BCUT2D eigenvalue weighted by molar-refractivity contribution is 0.350. The lowest BCUT2D eigenvalue weighted by atomic mass is 10.3. The molecule has 0 aliphatic rings. The Balaban J connectivity index is 2.47. The molecular weight excluding hydrogens is 194 g/mol. The summed E-state index contributed by atoms with van der Waals surface area (Å²) in [5, 5.41) is 0. The second-order valence-corrected chi connectivity index (χ2v) is 3.80. The van der Waals surface area contributed by atoms with Crippen LogP contribution in [0, 0.1) is 0 Å². The number of hydrogen-bond acceptors (Lipinski definition) is 3. The van der Waals surface area contributed by atoms with Crippen LogP contribution < -0.4 is 10.5 Å². The second-order valence-electron chi connectivity index (χ2n) is 2.92. The second kappa shape index (κ2) is 5.73. The lowest BCUT2D eigenvalue weighted by Gasteiger charge is -2.07. The monoisotopic (exact) mass is 209 g/mol. The minimum atomic E-state index is 0.475. The van der Waals surface area contributed by atoms with Gasteiger partial charge in [0, 0.05) is 11.4 Å². The standard InChI is InChI=1S/C11H15NOS/c1-9(7-12)8-13-10-3-5-11(14-2)6-4-10/h3-6H,1,7-8,12H2,2H3. The van der Waals surface area contributed by atoms with Gasteiger partial charge in [0.25, 0.3) is 0 Å². The van der Waals surface area contributed by atoms with E-state index in [1.807, 2.05) is 30.5 Å². The van der Waals surface area contributed by atoms with E-state index in [1.54, 1.807) is 11.8 Å². The first kappa shape index (κ1) is 11.1. The number of hydrogen-bond donors (Lipinski definition) is 1. The van der Waals surface area contributed by atoms with E-state index in [1.165, 1.54) is 4.90 Å². The predicted octanol–water partition coefficient (Wildman–Crippen LogP) is 2.30. The number of rotatable bonds is 5. The van der Waals surface area contributed by atoms with E-state index in [0.717, 1.165) is 11.3 Å². The maximum absolute atomic E-state index is 5.47. The van der Waals surface area contributed by atoms with Gasteiger partial charge < -0.3 is 10.5 Å². The largest absolute Gasteiger partial charge is 0.489 e. The summed E-state index contributed by atoms with van der Waals surface area (Å²) < 4.78 is 5.47. The molecule has 0 unspecified atom stereocenters. The summed E-state index contributed by atoms with van der Waals surface area (Å²) >= 11 is 1.71. The molecule has 2 N–H and O–H groups in total. The van der Waals surface area contributed by atoms with E-state index in [0.29, 0.717) is 13.2 Å². The molecule has 0 radical (unpaired) electrons. The molecule has 0 aliphatic carbocycles. The fraction of sp³-hybridized carbons (Fsp3) is 0.273. The van der Waals surface area contributed by atoms with E-state index >= 15 is 0 Å². The van der Waals surface area contributed by atoms with Crippen molar-refractivity contribution in [3.8, 4) is 5.75 Å². The highest BCUT2D eigenvalue weighted by Gasteiger charge is 1.95. The number of ether oxygens (including phenoxy) is 1. The molecule has 0 bridgehead atoms. The molecule has 0 saturated carbocycles. The minimum Gasteiger partial charge on any atom is -0.489 e. The van der Waals surface area contributed by atoms with Crippen molar-refractivity contribution in [1.29, 1.82) is 0 Å². The summed E-state index contributed by atoms with van der Waals surface area (Å²) in [4.78, 5) is 1.23. The van der Waals surface area contributed by atoms with Crippen LogP contribution >= 0.6 is 11.8 Å². The van der Waals surface area contributed by atoms with E-state index in [2.05, 4.69) is 6.58 Å². The zero-order valence-electron chi connectivity index (χ0n) is 8.32. The van der Waals surface area contributed by atoms with Crippen LogP contribution in [-0.4, -0.2) is 19.4 Å². The van der Waals surface area contributed by atoms with Crippen molar-refractivity contribution < 1.29 is 4.74 Å². The first-order valence-corrected chi connectivity index (χ1v) is 5.62. The molecule has 3 heteroatoms. The third-order valence-electron chi connectivity index (χ3n) is 1.79. The van der Waals surface area contributed by atoms with Gasteiger partial charge in [-0.3, -0.25) is 0 Å². The molecule has 1 aromatic carbocycles. The molecule has 0 saturated heterocycles. The summed E-state index contributed by atoms with van der Waals surface area (Å²) in [5.41, 5.74) is 6.30. The minimum absolute atomic E-state index is 0.475. The number of benzene rings is 1. The van der Waals surface area contributed by atoms with E-state index < -0.39 is 0 Å². The fourth-order valence-electron chi connectivity index (χ4n) is 0.916. The molecule has 2 nitrogen and oxygen atoms in total. The average Bonchev–Trinajstić information content (AvgIpc) is 2.26. The van der Waals surface area contributed by atoms with Gasteiger partial charge in [-0.15, -0.1) is 11.8 Å². The first-order chi connectivity index (χ1) is 6.76. The van der Waals surface area contributed by atoms with Gasteiger partial charge in [0.05, 0.1) is 0 Å². The zero-order valence-corrected chi connectivity index (χ0v) is 9.14. The molecule has 0 aliphatic heterocycles. The summed E-state index contributed by atoms with van der Waals surface area (Å²) in [6, 6.07) is 7.97. The Morgan fingerprint density at radius 3 is 2.57 bits per heavy atom. The molecule has 0 amide bonds. The average molecular weight is 209 g/mol. The molecule has 0 aromatic heterocycles. The van der Waals surface area contributed by atoms with Crippen LogP contribution in [0.3, 0.4) is 0 Å². The summed E-state index contributed by atoms with van der Waals surface area (Å²) in [5.74, 6) is 0.859. The first-order valence-electron chi connectivity index (χ1n) is 4.40. The molecule has 1 aromatic rings. The number of thioether (sulfide) groups is 1. The summed E-state index contributed by atoms with van der Waals surface area (Å²) in [6.45, 7) is 4.74. The van der Waals surface area contributed by atoms with Crippen molar-refractivity contribution in [2.24, 2.45) is 5.73 Å². The van der Waals surface area contributed by atoms with Crippen molar-refractivity contribution in [1.82, 2.24) is 0 Å². The molecule has 14 heavy (non-hydrogen) atoms. The molecule has 0 atom stereocenters. The van der Waals surface area contributed by atoms with Crippen LogP contribution in [0.4, 0.5) is 0 Å². The summed E-state index contributed by atoms with van der Waals surface area (Å²) in [7, 11) is 0. The third-order valence-corrected chi connectivity index (χ3v) is 2.53. The fourth-order valence-corrected chi connectivity index (χ4v) is 1.32. The predicted molar refractivity (Wildman–Crippen MR) is 61.9 cm³/mol. The normalized spacial score (nSPS) is 9.86. The highest BCUT2D eigenvalue weighted by atomic mass is 32.2. The van der Waals surface area contributed by atoms with Gasteiger partial charge >= 0.3 is 0 Å². The molecular formula is C11H15NOS. The van der Waals surface area contributed by atoms with Crippen LogP contribution in [-0.2, 0) is 0 Å². The molecule has 76 valence electrons. The van der Waals surface area contributed by atoms with Gasteiger partial charge in [-0.25, -0.2) is 0 Å². The van der Waals surface area contributed by atoms with Crippen molar-refractivity contribution in [3.63, 3.8) is 0 Å². The van der Waals surface area contributed by atoms with Crippen LogP contribution in [0.15, 0.2) is 41.3 Å². The van der Waals surface area contributed by atoms with E-state index in [9.17, 15) is 0 Å². The SMILES string of the molecule is C=C(CN)COc1ccc(SC)cc1. The zero-order chi connectivity index (χ0) is 10.4.